The van der Waals surface area contributed by atoms with Crippen LogP contribution in [0.4, 0.5) is 0 Å². The molecule has 0 saturated heterocycles. The van der Waals surface area contributed by atoms with Crippen LogP contribution in [-0.2, 0) is 54.6 Å². The number of ether oxygens (including phenoxy) is 5. The van der Waals surface area contributed by atoms with E-state index in [0.29, 0.717) is 40.2 Å². The van der Waals surface area contributed by atoms with E-state index in [2.05, 4.69) is 136 Å². The Morgan fingerprint density at radius 1 is 0.489 bits per heavy atom. The lowest BCUT2D eigenvalue weighted by atomic mass is 10.2. The minimum absolute atomic E-state index is 0.0146. The molecule has 88 heavy (non-hydrogen) atoms. The highest BCUT2D eigenvalue weighted by Gasteiger charge is 2.23. The number of aryl methyl sites for hydroxylation is 5. The Morgan fingerprint density at radius 2 is 0.841 bits per heavy atom. The third-order valence-corrected chi connectivity index (χ3v) is 11.1. The van der Waals surface area contributed by atoms with E-state index in [9.17, 15) is 19.2 Å². The van der Waals surface area contributed by atoms with Gasteiger partial charge in [0.1, 0.15) is 37.7 Å². The molecule has 0 unspecified atom stereocenters. The van der Waals surface area contributed by atoms with Gasteiger partial charge in [0.15, 0.2) is 28.9 Å². The molecule has 45 heteroatoms. The molecule has 12 rings (SSSR count). The van der Waals surface area contributed by atoms with Crippen molar-refractivity contribution in [2.45, 2.75) is 40.3 Å². The lowest BCUT2D eigenvalue weighted by Crippen LogP contribution is -2.25. The number of hydrogen-bond donors (Lipinski definition) is 4. The minimum Gasteiger partial charge on any atom is -0.476 e. The average molecular weight is 1220 g/mol. The van der Waals surface area contributed by atoms with Crippen LogP contribution >= 0.6 is 0 Å². The van der Waals surface area contributed by atoms with Crippen LogP contribution in [0.2, 0.25) is 5.65 Å². The molecule has 450 valence electrons. The van der Waals surface area contributed by atoms with Crippen LogP contribution in [0.3, 0.4) is 0 Å². The first-order chi connectivity index (χ1) is 44.3. The second kappa shape index (κ2) is 27.6. The van der Waals surface area contributed by atoms with Gasteiger partial charge in [0.2, 0.25) is 29.4 Å². The lowest BCUT2D eigenvalue weighted by Gasteiger charge is -2.10. The Balaban J connectivity index is 0.000000145. The van der Waals surface area contributed by atoms with Crippen molar-refractivity contribution in [1.82, 2.24) is 182 Å². The quantitative estimate of drug-likeness (QED) is 0.0552. The Hall–Kier alpha value is -13.3. The zero-order valence-corrected chi connectivity index (χ0v) is 46.3. The molecule has 4 N–H and O–H groups in total. The second-order valence-electron chi connectivity index (χ2n) is 16.6. The normalized spacial score (nSPS) is 11.2. The van der Waals surface area contributed by atoms with Crippen molar-refractivity contribution in [1.29, 1.82) is 0 Å². The Kier molecular flexibility index (Phi) is 16.9. The van der Waals surface area contributed by atoms with Crippen molar-refractivity contribution in [2.24, 2.45) is 28.2 Å². The van der Waals surface area contributed by atoms with Gasteiger partial charge < -0.3 is 23.7 Å². The summed E-state index contributed by atoms with van der Waals surface area (Å²) in [7, 11) is 5.84. The lowest BCUT2D eigenvalue weighted by molar-refractivity contribution is 0.267. The van der Waals surface area contributed by atoms with Gasteiger partial charge >= 0.3 is 22.8 Å². The molecule has 0 amide bonds. The maximum absolute atomic E-state index is 12.1. The molecule has 0 aromatic carbocycles. The number of terminal acetylenes is 1. The molecule has 12 aromatic rings. The summed E-state index contributed by atoms with van der Waals surface area (Å²) < 4.78 is 64.6. The van der Waals surface area contributed by atoms with Crippen molar-refractivity contribution in [3.63, 3.8) is 0 Å². The molecule has 12 aromatic heterocycles. The van der Waals surface area contributed by atoms with Gasteiger partial charge in [-0.15, -0.1) is 81.2 Å². The molecule has 0 atom stereocenters. The number of H-pyrrole nitrogens is 4. The number of aromatic amines is 4. The molecule has 0 aliphatic carbocycles. The van der Waals surface area contributed by atoms with Gasteiger partial charge in [0.05, 0.1) is 34.7 Å². The summed E-state index contributed by atoms with van der Waals surface area (Å²) in [6.45, 7) is 7.36. The summed E-state index contributed by atoms with van der Waals surface area (Å²) in [4.78, 5) is 48.0. The van der Waals surface area contributed by atoms with Gasteiger partial charge in [-0.05, 0) is 88.4 Å². The van der Waals surface area contributed by atoms with Crippen molar-refractivity contribution in [2.75, 3.05) is 6.61 Å². The molecular weight excluding hydrogens is 1160 g/mol. The predicted molar refractivity (Wildman–Crippen MR) is 286 cm³/mol. The fraction of sp³-hybridized carbons (Fsp3) is 0.256. The molecular formula is C43H44N36O9. The Labute approximate surface area is 493 Å². The molecule has 0 radical (unpaired) electrons. The number of hydrogen-bond acceptors (Lipinski definition) is 33. The van der Waals surface area contributed by atoms with E-state index in [1.807, 2.05) is 0 Å². The average Bonchev–Trinajstić information content (AvgIpc) is 1.67. The van der Waals surface area contributed by atoms with Crippen LogP contribution in [0, 0.1) is 19.3 Å². The van der Waals surface area contributed by atoms with E-state index in [-0.39, 0.29) is 84.8 Å². The van der Waals surface area contributed by atoms with E-state index < -0.39 is 22.8 Å². The van der Waals surface area contributed by atoms with Crippen molar-refractivity contribution in [3.05, 3.63) is 137 Å². The molecule has 12 heterocycles. The number of nitrogens with zero attached hydrogens (tertiary/aromatic N) is 32. The molecule has 0 bridgehead atoms. The number of rotatable bonds is 19. The van der Waals surface area contributed by atoms with Gasteiger partial charge in [0.25, 0.3) is 0 Å². The smallest absolute Gasteiger partial charge is 0.369 e. The first kappa shape index (κ1) is 53.9. The highest BCUT2D eigenvalue weighted by molar-refractivity contribution is 5.51. The van der Waals surface area contributed by atoms with Crippen molar-refractivity contribution >= 4 is 6.08 Å². The first-order valence-corrected chi connectivity index (χ1v) is 24.6. The van der Waals surface area contributed by atoms with Gasteiger partial charge in [-0.2, -0.15) is 18.7 Å². The van der Waals surface area contributed by atoms with Crippen LogP contribution in [0.5, 0.6) is 29.4 Å². The molecule has 0 aliphatic heterocycles. The van der Waals surface area contributed by atoms with Gasteiger partial charge in [-0.1, -0.05) is 11.7 Å². The number of tetrazole rings is 4. The topological polar surface area (TPSA) is 526 Å². The summed E-state index contributed by atoms with van der Waals surface area (Å²) >= 11 is 0. The standard InChI is InChI=1S/C11H13N9O3.C11H11N9O2.C11H9N9O2.C10H11N9O2/c1-3-22-10-7(6-23-8-4-5-12-13-8)9(14-16-15-10)20-11(21)19(2)17-18-20;2*1-3-8-7(6-22-9-4-5-12-14-9)10(15-16-13-8)20-11(21)19(2)17-18-20;1-6-7(5-21-8-3-4-11-13-8)9(14-15-12-6)19-10(20)18(2)16-17-19/h4-5H,3,6H2,1-2H3,(H,12,13);3-5H,1,6H2,2H3,(H,12,14);1,4-5H,6H2,2H3,(H,12,14);3-4H,5H2,1-2H3,(H,11,13)/i/hT4. The zero-order chi connectivity index (χ0) is 65.6. The van der Waals surface area contributed by atoms with Crippen LogP contribution in [-0.4, -0.2) is 188 Å². The van der Waals surface area contributed by atoms with Crippen LogP contribution < -0.4 is 46.4 Å². The van der Waals surface area contributed by atoms with E-state index in [1.165, 1.54) is 77.3 Å². The highest BCUT2D eigenvalue weighted by atomic mass is 16.5. The van der Waals surface area contributed by atoms with Crippen molar-refractivity contribution in [3.8, 4) is 65.0 Å². The third-order valence-electron chi connectivity index (χ3n) is 11.1. The number of aromatic nitrogens is 36. The Morgan fingerprint density at radius 3 is 1.22 bits per heavy atom. The van der Waals surface area contributed by atoms with Crippen LogP contribution in [0.25, 0.3) is 29.3 Å². The predicted octanol–water partition coefficient (Wildman–Crippen LogP) is -4.86. The van der Waals surface area contributed by atoms with E-state index in [4.69, 9.17) is 35.8 Å². The largest absolute Gasteiger partial charge is 0.476 e. The second-order valence-corrected chi connectivity index (χ2v) is 16.6. The minimum atomic E-state index is -0.523. The van der Waals surface area contributed by atoms with Crippen LogP contribution in [0.1, 0.15) is 46.3 Å². The molecule has 0 spiro atoms. The molecule has 0 saturated carbocycles. The zero-order valence-electron chi connectivity index (χ0n) is 50.3. The first-order valence-electron chi connectivity index (χ1n) is 26.4. The highest BCUT2D eigenvalue weighted by Crippen LogP contribution is 2.22. The SMILES string of the molecule is [3H]n1ccc(OCc2c(C#C)nnnc2-n2nnn(C)c2=O)n1.[3H]n1ccc(OCc2c(C)nnnc2-n2nnn(C)c2=O)n1.[3H]n1ccc(OCc2c(C=C)nnnc2-n2nnn(C)c2=O)n1.[3H]n1ccc(OCc2c(OCC)nnnc2-n2nnn(C)c2=O)n1. The van der Waals surface area contributed by atoms with Gasteiger partial charge in [-0.3, -0.25) is 20.4 Å². The summed E-state index contributed by atoms with van der Waals surface area (Å²) in [5.41, 5.74) is 0.741. The van der Waals surface area contributed by atoms with E-state index >= 15 is 0 Å². The van der Waals surface area contributed by atoms with Crippen LogP contribution in [0.15, 0.2) is 74.8 Å². The fourth-order valence-corrected chi connectivity index (χ4v) is 6.76. The maximum atomic E-state index is 12.1. The number of nitrogens with one attached hydrogen (secondary N) is 4. The Bertz CT molecular complexity index is 4830. The summed E-state index contributed by atoms with van der Waals surface area (Å²) in [5, 5.41) is 92.8. The maximum Gasteiger partial charge on any atom is 0.369 e. The van der Waals surface area contributed by atoms with E-state index in [1.54, 1.807) is 19.9 Å². The molecule has 0 fully saturated rings. The summed E-state index contributed by atoms with van der Waals surface area (Å²) in [5.74, 6) is 3.93. The summed E-state index contributed by atoms with van der Waals surface area (Å²) in [6.07, 6.45) is 12.5. The third kappa shape index (κ3) is 13.6. The summed E-state index contributed by atoms with van der Waals surface area (Å²) in [6, 6.07) is 6.08. The van der Waals surface area contributed by atoms with Gasteiger partial charge in [-0.25, -0.2) is 19.2 Å². The monoisotopic (exact) mass is 1220 g/mol. The fourth-order valence-electron chi connectivity index (χ4n) is 6.76. The molecule has 45 nitrogen and oxygen atoms in total. The van der Waals surface area contributed by atoms with E-state index in [0.717, 1.165) is 57.8 Å². The van der Waals surface area contributed by atoms with Crippen molar-refractivity contribution < 1.29 is 29.3 Å². The molecule has 0 aliphatic rings. The van der Waals surface area contributed by atoms with Gasteiger partial charge in [0, 0.05) is 77.2 Å².